The first kappa shape index (κ1) is 13.6. The van der Waals surface area contributed by atoms with E-state index in [1.54, 1.807) is 18.2 Å². The predicted octanol–water partition coefficient (Wildman–Crippen LogP) is 3.82. The van der Waals surface area contributed by atoms with Crippen LogP contribution in [0.4, 0.5) is 9.18 Å². The second kappa shape index (κ2) is 5.54. The highest BCUT2D eigenvalue weighted by atomic mass is 32.2. The van der Waals surface area contributed by atoms with Gasteiger partial charge in [-0.25, -0.2) is 4.39 Å². The van der Waals surface area contributed by atoms with Gasteiger partial charge in [0, 0.05) is 0 Å². The van der Waals surface area contributed by atoms with Crippen LogP contribution in [0.5, 0.6) is 0 Å². The van der Waals surface area contributed by atoms with Gasteiger partial charge in [0.15, 0.2) is 0 Å². The summed E-state index contributed by atoms with van der Waals surface area (Å²) < 4.78 is 12.9. The average Bonchev–Trinajstić information content (AvgIpc) is 2.79. The highest BCUT2D eigenvalue weighted by Gasteiger charge is 2.24. The smallest absolute Gasteiger partial charge is 0.282 e. The van der Waals surface area contributed by atoms with Gasteiger partial charge < -0.3 is 0 Å². The lowest BCUT2D eigenvalue weighted by molar-refractivity contribution is -0.115. The summed E-state index contributed by atoms with van der Waals surface area (Å²) in [5.74, 6) is -0.637. The summed E-state index contributed by atoms with van der Waals surface area (Å²) in [6, 6.07) is 13.7. The molecule has 2 amide bonds. The Kier molecular flexibility index (Phi) is 3.58. The lowest BCUT2D eigenvalue weighted by Gasteiger charge is -2.02. The lowest BCUT2D eigenvalue weighted by atomic mass is 10.0. The first-order valence-electron chi connectivity index (χ1n) is 6.23. The number of hydrogen-bond donors (Lipinski definition) is 1. The summed E-state index contributed by atoms with van der Waals surface area (Å²) in [7, 11) is 0. The number of thioether (sulfide) groups is 1. The van der Waals surface area contributed by atoms with Gasteiger partial charge in [-0.15, -0.1) is 0 Å². The van der Waals surface area contributed by atoms with Crippen LogP contribution in [0.1, 0.15) is 5.56 Å². The Balaban J connectivity index is 1.84. The largest absolute Gasteiger partial charge is 0.290 e. The molecule has 0 atom stereocenters. The van der Waals surface area contributed by atoms with Crippen molar-refractivity contribution in [3.8, 4) is 11.1 Å². The van der Waals surface area contributed by atoms with Gasteiger partial charge in [0.2, 0.25) is 0 Å². The van der Waals surface area contributed by atoms with Crippen molar-refractivity contribution in [3.63, 3.8) is 0 Å². The van der Waals surface area contributed by atoms with Crippen molar-refractivity contribution >= 4 is 29.0 Å². The molecule has 0 aromatic heterocycles. The summed E-state index contributed by atoms with van der Waals surface area (Å²) in [4.78, 5) is 22.9. The third-order valence-electron chi connectivity index (χ3n) is 3.03. The van der Waals surface area contributed by atoms with Crippen molar-refractivity contribution in [1.29, 1.82) is 0 Å². The van der Waals surface area contributed by atoms with E-state index in [1.807, 2.05) is 24.3 Å². The van der Waals surface area contributed by atoms with Crippen LogP contribution in [-0.2, 0) is 4.79 Å². The van der Waals surface area contributed by atoms with Crippen LogP contribution in [0.3, 0.4) is 0 Å². The number of hydrogen-bond acceptors (Lipinski definition) is 3. The summed E-state index contributed by atoms with van der Waals surface area (Å²) in [5, 5.41) is 1.86. The maximum Gasteiger partial charge on any atom is 0.290 e. The topological polar surface area (TPSA) is 46.2 Å². The van der Waals surface area contributed by atoms with Gasteiger partial charge in [-0.2, -0.15) is 0 Å². The van der Waals surface area contributed by atoms with Gasteiger partial charge in [0.1, 0.15) is 5.82 Å². The summed E-state index contributed by atoms with van der Waals surface area (Å²) >= 11 is 0.891. The molecule has 0 spiro atoms. The predicted molar refractivity (Wildman–Crippen MR) is 80.9 cm³/mol. The van der Waals surface area contributed by atoms with Gasteiger partial charge in [0.05, 0.1) is 4.91 Å². The van der Waals surface area contributed by atoms with Gasteiger partial charge in [0.25, 0.3) is 11.1 Å². The number of rotatable bonds is 2. The lowest BCUT2D eigenvalue weighted by Crippen LogP contribution is -2.17. The molecule has 2 aromatic carbocycles. The average molecular weight is 299 g/mol. The zero-order chi connectivity index (χ0) is 14.8. The van der Waals surface area contributed by atoms with Crippen molar-refractivity contribution in [2.24, 2.45) is 0 Å². The molecule has 3 rings (SSSR count). The Labute approximate surface area is 124 Å². The van der Waals surface area contributed by atoms with Crippen molar-refractivity contribution < 1.29 is 14.0 Å². The van der Waals surface area contributed by atoms with Crippen LogP contribution < -0.4 is 5.32 Å². The second-order valence-corrected chi connectivity index (χ2v) is 5.50. The van der Waals surface area contributed by atoms with Crippen LogP contribution in [-0.4, -0.2) is 11.1 Å². The Hall–Kier alpha value is -2.40. The Morgan fingerprint density at radius 3 is 2.00 bits per heavy atom. The first-order chi connectivity index (χ1) is 10.1. The van der Waals surface area contributed by atoms with Crippen LogP contribution in [0.15, 0.2) is 53.4 Å². The summed E-state index contributed by atoms with van der Waals surface area (Å²) in [5.41, 5.74) is 2.70. The molecule has 0 bridgehead atoms. The SMILES string of the molecule is O=C1NC(=O)/C(=C/c2ccc(-c3ccc(F)cc3)cc2)S1. The highest BCUT2D eigenvalue weighted by molar-refractivity contribution is 8.18. The van der Waals surface area contributed by atoms with Crippen LogP contribution in [0.25, 0.3) is 17.2 Å². The molecule has 0 radical (unpaired) electrons. The van der Waals surface area contributed by atoms with Gasteiger partial charge >= 0.3 is 0 Å². The van der Waals surface area contributed by atoms with Crippen molar-refractivity contribution in [1.82, 2.24) is 5.32 Å². The number of benzene rings is 2. The van der Waals surface area contributed by atoms with E-state index >= 15 is 0 Å². The minimum atomic E-state index is -0.368. The van der Waals surface area contributed by atoms with Gasteiger partial charge in [-0.3, -0.25) is 14.9 Å². The maximum absolute atomic E-state index is 12.9. The molecule has 5 heteroatoms. The number of imide groups is 1. The second-order valence-electron chi connectivity index (χ2n) is 4.48. The molecular formula is C16H10FNO2S. The fraction of sp³-hybridized carbons (Fsp3) is 0. The summed E-state index contributed by atoms with van der Waals surface area (Å²) in [6.07, 6.45) is 1.67. The van der Waals surface area contributed by atoms with E-state index in [9.17, 15) is 14.0 Å². The van der Waals surface area contributed by atoms with Gasteiger partial charge in [-0.05, 0) is 46.7 Å². The van der Waals surface area contributed by atoms with E-state index in [1.165, 1.54) is 12.1 Å². The van der Waals surface area contributed by atoms with Crippen molar-refractivity contribution in [3.05, 3.63) is 64.8 Å². The van der Waals surface area contributed by atoms with Crippen molar-refractivity contribution in [2.45, 2.75) is 0 Å². The van der Waals surface area contributed by atoms with Crippen LogP contribution in [0.2, 0.25) is 0 Å². The molecule has 0 saturated carbocycles. The van der Waals surface area contributed by atoms with E-state index in [-0.39, 0.29) is 17.0 Å². The van der Waals surface area contributed by atoms with E-state index in [0.29, 0.717) is 4.91 Å². The first-order valence-corrected chi connectivity index (χ1v) is 7.04. The van der Waals surface area contributed by atoms with E-state index < -0.39 is 0 Å². The molecule has 1 N–H and O–H groups in total. The van der Waals surface area contributed by atoms with Crippen LogP contribution >= 0.6 is 11.8 Å². The van der Waals surface area contributed by atoms with E-state index in [2.05, 4.69) is 5.32 Å². The maximum atomic E-state index is 12.9. The molecule has 1 aliphatic heterocycles. The molecule has 104 valence electrons. The Morgan fingerprint density at radius 2 is 1.48 bits per heavy atom. The molecule has 0 unspecified atom stereocenters. The molecule has 1 fully saturated rings. The third-order valence-corrected chi connectivity index (χ3v) is 3.84. The standard InChI is InChI=1S/C16H10FNO2S/c17-13-7-5-12(6-8-13)11-3-1-10(2-4-11)9-14-15(19)18-16(20)21-14/h1-9H,(H,18,19,20)/b14-9-. The minimum Gasteiger partial charge on any atom is -0.282 e. The van der Waals surface area contributed by atoms with E-state index in [4.69, 9.17) is 0 Å². The molecule has 1 saturated heterocycles. The number of nitrogens with one attached hydrogen (secondary N) is 1. The molecule has 0 aliphatic carbocycles. The monoisotopic (exact) mass is 299 g/mol. The highest BCUT2D eigenvalue weighted by Crippen LogP contribution is 2.26. The molecule has 3 nitrogen and oxygen atoms in total. The molecular weight excluding hydrogens is 289 g/mol. The third kappa shape index (κ3) is 3.03. The van der Waals surface area contributed by atoms with Crippen LogP contribution in [0, 0.1) is 5.82 Å². The van der Waals surface area contributed by atoms with Gasteiger partial charge in [-0.1, -0.05) is 36.4 Å². The number of carbonyl (C=O) groups is 2. The fourth-order valence-electron chi connectivity index (χ4n) is 1.99. The fourth-order valence-corrected chi connectivity index (χ4v) is 2.67. The zero-order valence-corrected chi connectivity index (χ0v) is 11.6. The quantitative estimate of drug-likeness (QED) is 0.858. The molecule has 1 aliphatic rings. The Morgan fingerprint density at radius 1 is 0.905 bits per heavy atom. The molecule has 1 heterocycles. The molecule has 21 heavy (non-hydrogen) atoms. The number of amides is 2. The zero-order valence-electron chi connectivity index (χ0n) is 10.8. The summed E-state index contributed by atoms with van der Waals surface area (Å²) in [6.45, 7) is 0. The van der Waals surface area contributed by atoms with E-state index in [0.717, 1.165) is 28.5 Å². The minimum absolute atomic E-state index is 0.269. The van der Waals surface area contributed by atoms with Crippen molar-refractivity contribution in [2.75, 3.05) is 0 Å². The number of halogens is 1. The Bertz CT molecular complexity index is 736. The molecule has 2 aromatic rings. The normalized spacial score (nSPS) is 16.3. The number of carbonyl (C=O) groups excluding carboxylic acids is 2.